The Morgan fingerprint density at radius 3 is 0.800 bits per heavy atom. The van der Waals surface area contributed by atoms with Crippen molar-refractivity contribution in [3.63, 3.8) is 0 Å². The van der Waals surface area contributed by atoms with Gasteiger partial charge in [-0.05, 0) is 95.2 Å². The number of benzene rings is 2. The minimum Gasteiger partial charge on any atom is -0.307 e. The smallest absolute Gasteiger partial charge is 0.0918 e. The van der Waals surface area contributed by atoms with Crippen LogP contribution in [-0.2, 0) is 16.5 Å². The van der Waals surface area contributed by atoms with Crippen LogP contribution in [0.25, 0.3) is 0 Å². The summed E-state index contributed by atoms with van der Waals surface area (Å²) in [5.41, 5.74) is 0.812. The zero-order chi connectivity index (χ0) is 31.7. The molecule has 0 aliphatic carbocycles. The molecular weight excluding hydrogens is 750 g/mol. The Labute approximate surface area is 305 Å². The average molecular weight is 792 g/mol. The Hall–Kier alpha value is 2.03. The summed E-state index contributed by atoms with van der Waals surface area (Å²) in [5.74, 6) is 0. The molecule has 2 aromatic rings. The molecule has 0 heterocycles. The summed E-state index contributed by atoms with van der Waals surface area (Å²) >= 11 is 50.6. The molecule has 0 bridgehead atoms. The van der Waals surface area contributed by atoms with Crippen molar-refractivity contribution < 1.29 is 21.0 Å². The molecule has 2 aromatic carbocycles. The quantitative estimate of drug-likeness (QED) is 0.0869. The fourth-order valence-corrected chi connectivity index (χ4v) is 9.64. The van der Waals surface area contributed by atoms with Gasteiger partial charge in [-0.15, -0.1) is 50.5 Å². The third-order valence-corrected chi connectivity index (χ3v) is 11.0. The van der Waals surface area contributed by atoms with Gasteiger partial charge in [0.25, 0.3) is 0 Å². The molecule has 12 heteroatoms. The van der Waals surface area contributed by atoms with Crippen molar-refractivity contribution in [1.29, 1.82) is 0 Å². The monoisotopic (exact) mass is 788 g/mol. The van der Waals surface area contributed by atoms with Gasteiger partial charge < -0.3 is 4.48 Å². The van der Waals surface area contributed by atoms with Gasteiger partial charge in [0, 0.05) is 36.1 Å². The third-order valence-electron chi connectivity index (χ3n) is 6.26. The number of halogens is 6. The zero-order valence-corrected chi connectivity index (χ0v) is 34.1. The molecule has 0 radical (unpaired) electrons. The van der Waals surface area contributed by atoms with Gasteiger partial charge in [0.2, 0.25) is 0 Å². The van der Waals surface area contributed by atoms with Crippen molar-refractivity contribution in [2.45, 2.75) is 125 Å². The van der Waals surface area contributed by atoms with Crippen LogP contribution in [0.1, 0.15) is 83.1 Å². The van der Waals surface area contributed by atoms with Crippen molar-refractivity contribution in [3.8, 4) is 0 Å². The fourth-order valence-electron chi connectivity index (χ4n) is 7.18. The average Bonchev–Trinajstić information content (AvgIpc) is 2.70. The first-order valence-electron chi connectivity index (χ1n) is 12.1. The molecule has 0 aliphatic rings. The van der Waals surface area contributed by atoms with Crippen LogP contribution in [0, 0.1) is 0 Å². The van der Waals surface area contributed by atoms with Gasteiger partial charge in [0.15, 0.2) is 0 Å². The molecule has 0 aromatic heterocycles. The summed E-state index contributed by atoms with van der Waals surface area (Å²) in [7, 11) is 0. The van der Waals surface area contributed by atoms with E-state index in [2.05, 4.69) is 134 Å². The van der Waals surface area contributed by atoms with Crippen molar-refractivity contribution in [2.24, 2.45) is 0 Å². The molecule has 0 saturated carbocycles. The van der Waals surface area contributed by atoms with E-state index in [1.54, 1.807) is 12.1 Å². The Kier molecular flexibility index (Phi) is 17.7. The first kappa shape index (κ1) is 44.2. The third kappa shape index (κ3) is 10.0. The van der Waals surface area contributed by atoms with E-state index in [1.165, 1.54) is 0 Å². The van der Waals surface area contributed by atoms with Crippen LogP contribution in [0.15, 0.2) is 31.7 Å². The molecule has 1 nitrogen and oxygen atoms in total. The Bertz CT molecular complexity index is 989. The van der Waals surface area contributed by atoms with E-state index in [-0.39, 0.29) is 38.6 Å². The maximum absolute atomic E-state index is 5.75. The van der Waals surface area contributed by atoms with E-state index in [4.69, 9.17) is 69.6 Å². The van der Waals surface area contributed by atoms with E-state index in [0.717, 1.165) is 4.48 Å². The van der Waals surface area contributed by atoms with Crippen molar-refractivity contribution >= 4 is 120 Å². The van der Waals surface area contributed by atoms with Crippen LogP contribution in [0.5, 0.6) is 0 Å². The minimum atomic E-state index is 0. The van der Waals surface area contributed by atoms with E-state index in [1.807, 2.05) is 0 Å². The molecule has 0 fully saturated rings. The summed E-state index contributed by atoms with van der Waals surface area (Å²) in [6, 6.07) is 3.20. The Morgan fingerprint density at radius 1 is 0.450 bits per heavy atom. The SMILES string of the molecule is CC(C)(C)[N+](C(C)(C)C)(C(C)(C)C)C(C)(C)C.Sc1cc(Cl)c(Cl)c(Cl)c1S.Sc1cc(Cl)c(Cl)c(Cl)c1S.[Ni]. The molecule has 0 saturated heterocycles. The van der Waals surface area contributed by atoms with Gasteiger partial charge in [-0.1, -0.05) is 69.6 Å². The molecule has 234 valence electrons. The summed E-state index contributed by atoms with van der Waals surface area (Å²) in [6.07, 6.45) is 0. The first-order valence-corrected chi connectivity index (χ1v) is 16.1. The summed E-state index contributed by atoms with van der Waals surface area (Å²) in [6.45, 7) is 28.6. The molecule has 0 spiro atoms. The van der Waals surface area contributed by atoms with Gasteiger partial charge in [-0.3, -0.25) is 0 Å². The molecule has 40 heavy (non-hydrogen) atoms. The van der Waals surface area contributed by atoms with Crippen molar-refractivity contribution in [2.75, 3.05) is 0 Å². The number of hydrogen-bond donors (Lipinski definition) is 4. The predicted octanol–water partition coefficient (Wildman–Crippen LogP) is 13.4. The molecule has 0 aliphatic heterocycles. The molecule has 0 atom stereocenters. The standard InChI is InChI=1S/C16H36N.2C6H3Cl3S2.Ni/c1-13(2,3)17(14(4,5)6,15(7,8)9)16(10,11)12;2*7-2-1-3(10)6(11)5(9)4(2)8;/h1-12H3;2*1,10-11H;/q+1;;;. The van der Waals surface area contributed by atoms with Crippen molar-refractivity contribution in [1.82, 2.24) is 0 Å². The van der Waals surface area contributed by atoms with Gasteiger partial charge in [0.05, 0.1) is 52.3 Å². The molecule has 2 rings (SSSR count). The van der Waals surface area contributed by atoms with Gasteiger partial charge in [-0.2, -0.15) is 0 Å². The number of hydrogen-bond acceptors (Lipinski definition) is 4. The largest absolute Gasteiger partial charge is 0.307 e. The fraction of sp³-hybridized carbons (Fsp3) is 0.571. The second-order valence-electron chi connectivity index (χ2n) is 13.1. The second kappa shape index (κ2) is 16.0. The Morgan fingerprint density at radius 2 is 0.650 bits per heavy atom. The van der Waals surface area contributed by atoms with Crippen LogP contribution in [0.3, 0.4) is 0 Å². The second-order valence-corrected chi connectivity index (χ2v) is 17.2. The number of thiol groups is 4. The van der Waals surface area contributed by atoms with Gasteiger partial charge >= 0.3 is 0 Å². The number of nitrogens with zero attached hydrogens (tertiary/aromatic N) is 1. The maximum atomic E-state index is 5.75. The zero-order valence-electron chi connectivity index (χ0n) is 25.0. The summed E-state index contributed by atoms with van der Waals surface area (Å²) in [5, 5.41) is 2.09. The normalized spacial score (nSPS) is 12.6. The molecule has 0 unspecified atom stereocenters. The number of quaternary nitrogens is 1. The van der Waals surface area contributed by atoms with Gasteiger partial charge in [-0.25, -0.2) is 0 Å². The molecule has 0 N–H and O–H groups in total. The summed E-state index contributed by atoms with van der Waals surface area (Å²) < 4.78 is 1.08. The topological polar surface area (TPSA) is 0 Å². The van der Waals surface area contributed by atoms with Crippen LogP contribution in [-0.4, -0.2) is 26.6 Å². The van der Waals surface area contributed by atoms with E-state index < -0.39 is 0 Å². The maximum Gasteiger partial charge on any atom is 0.0918 e. The van der Waals surface area contributed by atoms with Crippen LogP contribution in [0.4, 0.5) is 0 Å². The molecule has 0 amide bonds. The van der Waals surface area contributed by atoms with E-state index in [0.29, 0.717) is 49.7 Å². The van der Waals surface area contributed by atoms with E-state index >= 15 is 0 Å². The summed E-state index contributed by atoms with van der Waals surface area (Å²) in [4.78, 5) is 2.33. The van der Waals surface area contributed by atoms with Crippen LogP contribution in [0.2, 0.25) is 30.1 Å². The predicted molar refractivity (Wildman–Crippen MR) is 191 cm³/mol. The van der Waals surface area contributed by atoms with Crippen molar-refractivity contribution in [3.05, 3.63) is 42.3 Å². The molecular formula is C28H42Cl6NNiS4+. The Balaban J connectivity index is 0. The number of rotatable bonds is 0. The van der Waals surface area contributed by atoms with Crippen LogP contribution < -0.4 is 0 Å². The minimum absolute atomic E-state index is 0. The van der Waals surface area contributed by atoms with Gasteiger partial charge in [0.1, 0.15) is 0 Å². The van der Waals surface area contributed by atoms with Crippen LogP contribution >= 0.6 is 120 Å². The van der Waals surface area contributed by atoms with E-state index in [9.17, 15) is 0 Å². The first-order chi connectivity index (χ1) is 17.1.